The summed E-state index contributed by atoms with van der Waals surface area (Å²) in [5.41, 5.74) is 2.02. The van der Waals surface area contributed by atoms with Gasteiger partial charge in [0.1, 0.15) is 5.76 Å². The summed E-state index contributed by atoms with van der Waals surface area (Å²) < 4.78 is 22.1. The molecule has 6 nitrogen and oxygen atoms in total. The third-order valence-electron chi connectivity index (χ3n) is 5.26. The van der Waals surface area contributed by atoms with Gasteiger partial charge in [-0.3, -0.25) is 0 Å². The summed E-state index contributed by atoms with van der Waals surface area (Å²) in [6.45, 7) is 4.87. The van der Waals surface area contributed by atoms with Gasteiger partial charge in [-0.2, -0.15) is 0 Å². The summed E-state index contributed by atoms with van der Waals surface area (Å²) >= 11 is 0. The summed E-state index contributed by atoms with van der Waals surface area (Å²) in [6, 6.07) is 9.95. The molecule has 0 bridgehead atoms. The number of rotatable bonds is 8. The lowest BCUT2D eigenvalue weighted by Crippen LogP contribution is -2.50. The van der Waals surface area contributed by atoms with E-state index in [-0.39, 0.29) is 0 Å². The summed E-state index contributed by atoms with van der Waals surface area (Å²) in [5.74, 6) is 0.179. The zero-order valence-electron chi connectivity index (χ0n) is 16.9. The molecule has 0 saturated carbocycles. The molecule has 2 aromatic rings. The van der Waals surface area contributed by atoms with Gasteiger partial charge in [0, 0.05) is 17.9 Å². The van der Waals surface area contributed by atoms with Crippen LogP contribution in [-0.2, 0) is 25.4 Å². The zero-order chi connectivity index (χ0) is 20.0. The van der Waals surface area contributed by atoms with Gasteiger partial charge in [-0.25, -0.2) is 9.78 Å². The van der Waals surface area contributed by atoms with Crippen LogP contribution in [0.5, 0.6) is 0 Å². The number of nitrogens with zero attached hydrogens (tertiary/aromatic N) is 1. The number of esters is 1. The maximum Gasteiger partial charge on any atom is 0.366 e. The molecule has 0 atom stereocenters. The number of hydrogen-bond donors (Lipinski definition) is 0. The Morgan fingerprint density at radius 1 is 1.21 bits per heavy atom. The molecule has 6 heteroatoms. The van der Waals surface area contributed by atoms with Gasteiger partial charge in [0.15, 0.2) is 0 Å². The Labute approximate surface area is 166 Å². The normalized spacial score (nSPS) is 22.2. The van der Waals surface area contributed by atoms with Crippen LogP contribution in [0.3, 0.4) is 0 Å². The molecule has 3 rings (SSSR count). The number of methoxy groups -OCH3 is 1. The molecule has 1 aromatic heterocycles. The Morgan fingerprint density at radius 2 is 1.93 bits per heavy atom. The minimum atomic E-state index is -1.23. The van der Waals surface area contributed by atoms with E-state index in [9.17, 15) is 4.79 Å². The molecule has 1 fully saturated rings. The summed E-state index contributed by atoms with van der Waals surface area (Å²) in [4.78, 5) is 16.5. The van der Waals surface area contributed by atoms with E-state index in [0.717, 1.165) is 42.7 Å². The molecular weight excluding hydrogens is 358 g/mol. The van der Waals surface area contributed by atoms with Crippen LogP contribution in [0.1, 0.15) is 44.1 Å². The average molecular weight is 387 g/mol. The summed E-state index contributed by atoms with van der Waals surface area (Å²) in [6.07, 6.45) is 4.39. The van der Waals surface area contributed by atoms with Gasteiger partial charge in [-0.1, -0.05) is 31.5 Å². The number of ether oxygens (including phenoxy) is 3. The highest BCUT2D eigenvalue weighted by Crippen LogP contribution is 2.29. The predicted octanol–water partition coefficient (Wildman–Crippen LogP) is 4.31. The molecule has 1 aromatic carbocycles. The van der Waals surface area contributed by atoms with Gasteiger partial charge in [0.05, 0.1) is 26.0 Å². The standard InChI is InChI=1S/C22H29NO5/c1-4-22(21(24)25-3)26-14-17(15-27-22)10-8-9-13-19-16(2)28-20(23-19)18-11-6-5-7-12-18/h5-7,11-12,17H,4,8-10,13-15H2,1-3H3/t17-,22+. The van der Waals surface area contributed by atoms with Crippen molar-refractivity contribution in [3.63, 3.8) is 0 Å². The van der Waals surface area contributed by atoms with Gasteiger partial charge in [0.2, 0.25) is 5.89 Å². The molecule has 0 unspecified atom stereocenters. The van der Waals surface area contributed by atoms with Crippen molar-refractivity contribution in [2.24, 2.45) is 5.92 Å². The van der Waals surface area contributed by atoms with Crippen molar-refractivity contribution in [2.45, 2.75) is 51.7 Å². The summed E-state index contributed by atoms with van der Waals surface area (Å²) in [5, 5.41) is 0. The SMILES string of the molecule is CC[C@]1(C(=O)OC)OC[C@@H](CCCCc2nc(-c3ccccc3)oc2C)CO1. The first kappa shape index (κ1) is 20.6. The Kier molecular flexibility index (Phi) is 6.86. The van der Waals surface area contributed by atoms with E-state index in [2.05, 4.69) is 4.98 Å². The van der Waals surface area contributed by atoms with Crippen molar-refractivity contribution in [1.29, 1.82) is 0 Å². The number of benzene rings is 1. The maximum absolute atomic E-state index is 11.9. The van der Waals surface area contributed by atoms with E-state index >= 15 is 0 Å². The van der Waals surface area contributed by atoms with Crippen molar-refractivity contribution in [3.8, 4) is 11.5 Å². The predicted molar refractivity (Wildman–Crippen MR) is 105 cm³/mol. The molecule has 0 spiro atoms. The average Bonchev–Trinajstić information content (AvgIpc) is 3.12. The van der Waals surface area contributed by atoms with Crippen molar-refractivity contribution in [3.05, 3.63) is 41.8 Å². The molecule has 0 N–H and O–H groups in total. The highest BCUT2D eigenvalue weighted by atomic mass is 16.7. The van der Waals surface area contributed by atoms with Crippen molar-refractivity contribution < 1.29 is 23.4 Å². The second kappa shape index (κ2) is 9.34. The van der Waals surface area contributed by atoms with Crippen molar-refractivity contribution >= 4 is 5.97 Å². The van der Waals surface area contributed by atoms with Gasteiger partial charge < -0.3 is 18.6 Å². The van der Waals surface area contributed by atoms with Gasteiger partial charge in [0.25, 0.3) is 5.79 Å². The maximum atomic E-state index is 11.9. The smallest absolute Gasteiger partial charge is 0.366 e. The number of aromatic nitrogens is 1. The molecule has 1 aliphatic rings. The molecule has 0 aliphatic carbocycles. The van der Waals surface area contributed by atoms with Crippen LogP contribution < -0.4 is 0 Å². The molecule has 1 saturated heterocycles. The van der Waals surface area contributed by atoms with E-state index in [0.29, 0.717) is 31.4 Å². The first-order valence-corrected chi connectivity index (χ1v) is 9.96. The monoisotopic (exact) mass is 387 g/mol. The number of oxazole rings is 1. The van der Waals surface area contributed by atoms with E-state index in [1.165, 1.54) is 7.11 Å². The molecule has 1 aliphatic heterocycles. The Bertz CT molecular complexity index is 762. The second-order valence-corrected chi connectivity index (χ2v) is 7.22. The number of hydrogen-bond acceptors (Lipinski definition) is 6. The molecule has 152 valence electrons. The third-order valence-corrected chi connectivity index (χ3v) is 5.26. The van der Waals surface area contributed by atoms with Crippen molar-refractivity contribution in [1.82, 2.24) is 4.98 Å². The topological polar surface area (TPSA) is 70.8 Å². The van der Waals surface area contributed by atoms with Crippen LogP contribution in [0.25, 0.3) is 11.5 Å². The van der Waals surface area contributed by atoms with Crippen LogP contribution in [-0.4, -0.2) is 37.1 Å². The first-order chi connectivity index (χ1) is 13.6. The highest BCUT2D eigenvalue weighted by molar-refractivity contribution is 5.77. The summed E-state index contributed by atoms with van der Waals surface area (Å²) in [7, 11) is 1.35. The van der Waals surface area contributed by atoms with Gasteiger partial charge in [-0.05, 0) is 38.3 Å². The molecule has 28 heavy (non-hydrogen) atoms. The number of carbonyl (C=O) groups excluding carboxylic acids is 1. The van der Waals surface area contributed by atoms with Crippen LogP contribution >= 0.6 is 0 Å². The number of aryl methyl sites for hydroxylation is 2. The Morgan fingerprint density at radius 3 is 2.57 bits per heavy atom. The van der Waals surface area contributed by atoms with Gasteiger partial charge in [-0.15, -0.1) is 0 Å². The minimum absolute atomic E-state index is 0.294. The minimum Gasteiger partial charge on any atom is -0.465 e. The van der Waals surface area contributed by atoms with Crippen molar-refractivity contribution in [2.75, 3.05) is 20.3 Å². The third kappa shape index (κ3) is 4.62. The molecule has 0 radical (unpaired) electrons. The lowest BCUT2D eigenvalue weighted by atomic mass is 10.0. The van der Waals surface area contributed by atoms with E-state index in [1.807, 2.05) is 44.2 Å². The number of unbranched alkanes of at least 4 members (excludes halogenated alkanes) is 1. The molecular formula is C22H29NO5. The molecule has 2 heterocycles. The quantitative estimate of drug-likeness (QED) is 0.497. The van der Waals surface area contributed by atoms with Crippen LogP contribution in [0.15, 0.2) is 34.7 Å². The zero-order valence-corrected chi connectivity index (χ0v) is 16.9. The number of carbonyl (C=O) groups is 1. The lowest BCUT2D eigenvalue weighted by molar-refractivity contribution is -0.281. The van der Waals surface area contributed by atoms with Crippen LogP contribution in [0, 0.1) is 12.8 Å². The fraction of sp³-hybridized carbons (Fsp3) is 0.545. The van der Waals surface area contributed by atoms with Crippen LogP contribution in [0.4, 0.5) is 0 Å². The first-order valence-electron chi connectivity index (χ1n) is 9.96. The fourth-order valence-corrected chi connectivity index (χ4v) is 3.47. The Hall–Kier alpha value is -2.18. The highest BCUT2D eigenvalue weighted by Gasteiger charge is 2.44. The second-order valence-electron chi connectivity index (χ2n) is 7.22. The van der Waals surface area contributed by atoms with Gasteiger partial charge >= 0.3 is 5.97 Å². The van der Waals surface area contributed by atoms with E-state index in [4.69, 9.17) is 18.6 Å². The van der Waals surface area contributed by atoms with E-state index < -0.39 is 11.8 Å². The largest absolute Gasteiger partial charge is 0.465 e. The van der Waals surface area contributed by atoms with E-state index in [1.54, 1.807) is 0 Å². The lowest BCUT2D eigenvalue weighted by Gasteiger charge is -2.37. The molecule has 0 amide bonds. The Balaban J connectivity index is 1.43. The fourth-order valence-electron chi connectivity index (χ4n) is 3.47. The van der Waals surface area contributed by atoms with Crippen LogP contribution in [0.2, 0.25) is 0 Å².